The minimum Gasteiger partial charge on any atom is -0.389 e. The molecule has 2 atom stereocenters. The number of halogens is 1. The standard InChI is InChI=1S/C14H26N4O3.ClH/c1-5-21-10(2)8-11(15)13(19)16-12-6-7-18(17-12)9-14(3,4)20;/h6-7,10-11,20H,5,8-9,15H2,1-4H3,(H,16,17,19);1H/t10-,11-;/m0./s1. The third-order valence-corrected chi connectivity index (χ3v) is 2.81. The van der Waals surface area contributed by atoms with Crippen LogP contribution >= 0.6 is 12.4 Å². The van der Waals surface area contributed by atoms with Gasteiger partial charge in [0.15, 0.2) is 5.82 Å². The first-order valence-corrected chi connectivity index (χ1v) is 7.15. The average molecular weight is 335 g/mol. The Labute approximate surface area is 137 Å². The van der Waals surface area contributed by atoms with Gasteiger partial charge in [0.05, 0.1) is 24.3 Å². The fourth-order valence-corrected chi connectivity index (χ4v) is 1.95. The van der Waals surface area contributed by atoms with E-state index in [1.165, 1.54) is 0 Å². The molecule has 0 spiro atoms. The Morgan fingerprint density at radius 1 is 1.59 bits per heavy atom. The molecular weight excluding hydrogens is 308 g/mol. The van der Waals surface area contributed by atoms with Gasteiger partial charge in [0.2, 0.25) is 5.91 Å². The molecule has 0 radical (unpaired) electrons. The number of ether oxygens (including phenoxy) is 1. The molecular formula is C14H27ClN4O3. The molecule has 7 nitrogen and oxygen atoms in total. The van der Waals surface area contributed by atoms with E-state index in [4.69, 9.17) is 10.5 Å². The molecule has 0 aliphatic heterocycles. The number of nitrogens with two attached hydrogens (primary N) is 1. The third kappa shape index (κ3) is 7.74. The van der Waals surface area contributed by atoms with Crippen LogP contribution in [0.4, 0.5) is 5.82 Å². The highest BCUT2D eigenvalue weighted by Gasteiger charge is 2.19. The van der Waals surface area contributed by atoms with Crippen molar-refractivity contribution in [3.8, 4) is 0 Å². The van der Waals surface area contributed by atoms with E-state index in [2.05, 4.69) is 10.4 Å². The number of anilines is 1. The second-order valence-corrected chi connectivity index (χ2v) is 5.81. The lowest BCUT2D eigenvalue weighted by Gasteiger charge is -2.17. The Balaban J connectivity index is 0.00000441. The van der Waals surface area contributed by atoms with Crippen LogP contribution in [0.3, 0.4) is 0 Å². The van der Waals surface area contributed by atoms with E-state index in [1.807, 2.05) is 13.8 Å². The van der Waals surface area contributed by atoms with E-state index in [9.17, 15) is 9.90 Å². The second kappa shape index (κ2) is 9.09. The quantitative estimate of drug-likeness (QED) is 0.662. The SMILES string of the molecule is CCO[C@@H](C)C[C@H](N)C(=O)Nc1ccn(CC(C)(C)O)n1.Cl. The molecule has 0 fully saturated rings. The molecule has 0 saturated heterocycles. The lowest BCUT2D eigenvalue weighted by molar-refractivity contribution is -0.118. The third-order valence-electron chi connectivity index (χ3n) is 2.81. The summed E-state index contributed by atoms with van der Waals surface area (Å²) >= 11 is 0. The Kier molecular flexibility index (Phi) is 8.62. The molecule has 128 valence electrons. The van der Waals surface area contributed by atoms with Crippen LogP contribution in [0.2, 0.25) is 0 Å². The van der Waals surface area contributed by atoms with Crippen LogP contribution in [-0.4, -0.2) is 45.1 Å². The Morgan fingerprint density at radius 3 is 2.77 bits per heavy atom. The molecule has 0 saturated carbocycles. The van der Waals surface area contributed by atoms with Gasteiger partial charge in [-0.05, 0) is 34.1 Å². The second-order valence-electron chi connectivity index (χ2n) is 5.81. The number of hydrogen-bond acceptors (Lipinski definition) is 5. The van der Waals surface area contributed by atoms with Crippen LogP contribution in [0.15, 0.2) is 12.3 Å². The number of nitrogens with one attached hydrogen (secondary N) is 1. The van der Waals surface area contributed by atoms with Gasteiger partial charge < -0.3 is 20.9 Å². The van der Waals surface area contributed by atoms with Gasteiger partial charge in [-0.2, -0.15) is 5.10 Å². The molecule has 0 unspecified atom stereocenters. The van der Waals surface area contributed by atoms with Crippen LogP contribution in [0.1, 0.15) is 34.1 Å². The largest absolute Gasteiger partial charge is 0.389 e. The number of aromatic nitrogens is 2. The maximum absolute atomic E-state index is 12.0. The molecule has 8 heteroatoms. The van der Waals surface area contributed by atoms with Crippen LogP contribution in [0, 0.1) is 0 Å². The number of hydrogen-bond donors (Lipinski definition) is 3. The molecule has 1 aromatic rings. The highest BCUT2D eigenvalue weighted by molar-refractivity contribution is 5.93. The van der Waals surface area contributed by atoms with E-state index in [0.29, 0.717) is 25.4 Å². The summed E-state index contributed by atoms with van der Waals surface area (Å²) in [5.41, 5.74) is 4.97. The van der Waals surface area contributed by atoms with Crippen molar-refractivity contribution in [1.29, 1.82) is 0 Å². The van der Waals surface area contributed by atoms with E-state index >= 15 is 0 Å². The highest BCUT2D eigenvalue weighted by atomic mass is 35.5. The zero-order valence-corrected chi connectivity index (χ0v) is 14.4. The van der Waals surface area contributed by atoms with Crippen molar-refractivity contribution in [2.45, 2.75) is 58.4 Å². The molecule has 0 aliphatic carbocycles. The Bertz CT molecular complexity index is 459. The summed E-state index contributed by atoms with van der Waals surface area (Å²) in [6, 6.07) is 1.02. The molecule has 22 heavy (non-hydrogen) atoms. The van der Waals surface area contributed by atoms with Crippen molar-refractivity contribution in [2.75, 3.05) is 11.9 Å². The summed E-state index contributed by atoms with van der Waals surface area (Å²) < 4.78 is 6.94. The van der Waals surface area contributed by atoms with Gasteiger partial charge in [0, 0.05) is 18.9 Å². The van der Waals surface area contributed by atoms with Crippen LogP contribution in [0.5, 0.6) is 0 Å². The lowest BCUT2D eigenvalue weighted by Crippen LogP contribution is -2.38. The first kappa shape index (κ1) is 20.9. The van der Waals surface area contributed by atoms with Crippen LogP contribution in [0.25, 0.3) is 0 Å². The smallest absolute Gasteiger partial charge is 0.242 e. The van der Waals surface area contributed by atoms with Crippen molar-refractivity contribution in [3.63, 3.8) is 0 Å². The molecule has 4 N–H and O–H groups in total. The minimum absolute atomic E-state index is 0. The number of carbonyl (C=O) groups excluding carboxylic acids is 1. The van der Waals surface area contributed by atoms with Crippen molar-refractivity contribution in [3.05, 3.63) is 12.3 Å². The summed E-state index contributed by atoms with van der Waals surface area (Å²) in [5.74, 6) is 0.124. The summed E-state index contributed by atoms with van der Waals surface area (Å²) in [4.78, 5) is 12.0. The molecule has 1 amide bonds. The van der Waals surface area contributed by atoms with Crippen LogP contribution in [-0.2, 0) is 16.1 Å². The topological polar surface area (TPSA) is 102 Å². The van der Waals surface area contributed by atoms with Gasteiger partial charge in [-0.3, -0.25) is 9.48 Å². The highest BCUT2D eigenvalue weighted by Crippen LogP contribution is 2.09. The number of nitrogens with zero attached hydrogens (tertiary/aromatic N) is 2. The zero-order chi connectivity index (χ0) is 16.0. The number of amides is 1. The van der Waals surface area contributed by atoms with Gasteiger partial charge in [0.1, 0.15) is 0 Å². The molecule has 0 aromatic carbocycles. The molecule has 0 aliphatic rings. The monoisotopic (exact) mass is 334 g/mol. The minimum atomic E-state index is -0.864. The molecule has 1 rings (SSSR count). The number of carbonyl (C=O) groups is 1. The fourth-order valence-electron chi connectivity index (χ4n) is 1.95. The van der Waals surface area contributed by atoms with E-state index in [-0.39, 0.29) is 24.4 Å². The summed E-state index contributed by atoms with van der Waals surface area (Å²) in [5, 5.41) is 16.6. The van der Waals surface area contributed by atoms with Crippen molar-refractivity contribution >= 4 is 24.1 Å². The summed E-state index contributed by atoms with van der Waals surface area (Å²) in [6.45, 7) is 8.11. The Morgan fingerprint density at radius 2 is 2.23 bits per heavy atom. The zero-order valence-electron chi connectivity index (χ0n) is 13.6. The molecule has 1 aromatic heterocycles. The van der Waals surface area contributed by atoms with Crippen molar-refractivity contribution in [2.24, 2.45) is 5.73 Å². The summed E-state index contributed by atoms with van der Waals surface area (Å²) in [7, 11) is 0. The van der Waals surface area contributed by atoms with Gasteiger partial charge in [-0.25, -0.2) is 0 Å². The maximum Gasteiger partial charge on any atom is 0.242 e. The van der Waals surface area contributed by atoms with Crippen molar-refractivity contribution in [1.82, 2.24) is 9.78 Å². The predicted octanol–water partition coefficient (Wildman–Crippen LogP) is 1.16. The normalized spacial score (nSPS) is 14.1. The number of aliphatic hydroxyl groups is 1. The van der Waals surface area contributed by atoms with Gasteiger partial charge in [-0.1, -0.05) is 0 Å². The van der Waals surface area contributed by atoms with E-state index in [0.717, 1.165) is 0 Å². The van der Waals surface area contributed by atoms with Gasteiger partial charge in [-0.15, -0.1) is 12.4 Å². The van der Waals surface area contributed by atoms with E-state index in [1.54, 1.807) is 30.8 Å². The molecule has 0 bridgehead atoms. The summed E-state index contributed by atoms with van der Waals surface area (Å²) in [6.07, 6.45) is 2.08. The predicted molar refractivity (Wildman–Crippen MR) is 88.1 cm³/mol. The lowest BCUT2D eigenvalue weighted by atomic mass is 10.1. The van der Waals surface area contributed by atoms with Gasteiger partial charge >= 0.3 is 0 Å². The van der Waals surface area contributed by atoms with Crippen molar-refractivity contribution < 1.29 is 14.6 Å². The first-order valence-electron chi connectivity index (χ1n) is 7.15. The van der Waals surface area contributed by atoms with Crippen LogP contribution < -0.4 is 11.1 Å². The first-order chi connectivity index (χ1) is 9.71. The Hall–Kier alpha value is -1.15. The van der Waals surface area contributed by atoms with E-state index < -0.39 is 11.6 Å². The van der Waals surface area contributed by atoms with Gasteiger partial charge in [0.25, 0.3) is 0 Å². The average Bonchev–Trinajstić information content (AvgIpc) is 2.73. The number of rotatable bonds is 8. The maximum atomic E-state index is 12.0. The fraction of sp³-hybridized carbons (Fsp3) is 0.714. The molecule has 1 heterocycles.